The van der Waals surface area contributed by atoms with E-state index in [2.05, 4.69) is 54.4 Å². The van der Waals surface area contributed by atoms with Gasteiger partial charge in [0.25, 0.3) is 0 Å². The molecule has 0 aliphatic carbocycles. The number of rotatable bonds is 3. The molecule has 1 fully saturated rings. The van der Waals surface area contributed by atoms with E-state index in [0.717, 1.165) is 6.54 Å². The summed E-state index contributed by atoms with van der Waals surface area (Å²) in [7, 11) is 0. The molecule has 1 aliphatic heterocycles. The predicted molar refractivity (Wildman–Crippen MR) is 82.6 cm³/mol. The maximum Gasteiger partial charge on any atom is 0.224 e. The van der Waals surface area contributed by atoms with E-state index in [1.807, 2.05) is 4.90 Å². The van der Waals surface area contributed by atoms with Gasteiger partial charge >= 0.3 is 0 Å². The molecular formula is C15H15NOS2. The summed E-state index contributed by atoms with van der Waals surface area (Å²) < 4.78 is 0. The molecular weight excluding hydrogens is 274 g/mol. The number of nitrogens with zero attached hydrogens (tertiary/aromatic N) is 1. The van der Waals surface area contributed by atoms with Crippen molar-refractivity contribution in [2.45, 2.75) is 18.2 Å². The molecule has 0 N–H and O–H groups in total. The van der Waals surface area contributed by atoms with E-state index < -0.39 is 0 Å². The Bertz CT molecular complexity index is 562. The zero-order chi connectivity index (χ0) is 13.2. The van der Waals surface area contributed by atoms with Gasteiger partial charge in [0.15, 0.2) is 0 Å². The van der Waals surface area contributed by atoms with Crippen LogP contribution in [0.5, 0.6) is 0 Å². The highest BCUT2D eigenvalue weighted by Crippen LogP contribution is 2.25. The second-order valence-electron chi connectivity index (χ2n) is 4.81. The van der Waals surface area contributed by atoms with Gasteiger partial charge < -0.3 is 4.90 Å². The van der Waals surface area contributed by atoms with Gasteiger partial charge in [-0.15, -0.1) is 11.3 Å². The van der Waals surface area contributed by atoms with Crippen molar-refractivity contribution >= 4 is 29.9 Å². The molecule has 19 heavy (non-hydrogen) atoms. The minimum absolute atomic E-state index is 0.192. The van der Waals surface area contributed by atoms with Crippen molar-refractivity contribution in [1.82, 2.24) is 4.90 Å². The zero-order valence-corrected chi connectivity index (χ0v) is 12.2. The van der Waals surface area contributed by atoms with Gasteiger partial charge in [-0.2, -0.15) is 12.6 Å². The highest BCUT2D eigenvalue weighted by atomic mass is 32.1. The van der Waals surface area contributed by atoms with E-state index in [0.29, 0.717) is 13.0 Å². The molecule has 0 bridgehead atoms. The number of amides is 1. The molecule has 0 radical (unpaired) electrons. The molecule has 1 unspecified atom stereocenters. The van der Waals surface area contributed by atoms with E-state index >= 15 is 0 Å². The van der Waals surface area contributed by atoms with Crippen LogP contribution in [0.2, 0.25) is 0 Å². The van der Waals surface area contributed by atoms with Crippen LogP contribution in [0.1, 0.15) is 12.0 Å². The Morgan fingerprint density at radius 3 is 2.63 bits per heavy atom. The zero-order valence-electron chi connectivity index (χ0n) is 10.5. The predicted octanol–water partition coefficient (Wildman–Crippen LogP) is 3.45. The summed E-state index contributed by atoms with van der Waals surface area (Å²) in [4.78, 5) is 14.9. The summed E-state index contributed by atoms with van der Waals surface area (Å²) in [5.41, 5.74) is 2.41. The van der Waals surface area contributed by atoms with Gasteiger partial charge in [-0.3, -0.25) is 4.79 Å². The molecule has 3 rings (SSSR count). The summed E-state index contributed by atoms with van der Waals surface area (Å²) in [5.74, 6) is 0.210. The molecule has 4 heteroatoms. The third kappa shape index (κ3) is 2.85. The van der Waals surface area contributed by atoms with Crippen LogP contribution in [0, 0.1) is 0 Å². The molecule has 1 aliphatic rings. The standard InChI is InChI=1S/C15H15NOS2/c17-15-8-13(18)10-16(15)9-11-3-5-12(6-4-11)14-2-1-7-19-14/h1-7,13,18H,8-10H2. The summed E-state index contributed by atoms with van der Waals surface area (Å²) in [6, 6.07) is 12.6. The van der Waals surface area contributed by atoms with Crippen LogP contribution >= 0.6 is 24.0 Å². The number of thiol groups is 1. The molecule has 0 saturated carbocycles. The van der Waals surface area contributed by atoms with E-state index in [9.17, 15) is 4.79 Å². The average molecular weight is 289 g/mol. The molecule has 1 amide bonds. The maximum absolute atomic E-state index is 11.7. The first-order chi connectivity index (χ1) is 9.22. The smallest absolute Gasteiger partial charge is 0.224 e. The first kappa shape index (κ1) is 12.8. The van der Waals surface area contributed by atoms with Crippen LogP contribution in [0.4, 0.5) is 0 Å². The highest BCUT2D eigenvalue weighted by Gasteiger charge is 2.26. The number of likely N-dealkylation sites (tertiary alicyclic amines) is 1. The quantitative estimate of drug-likeness (QED) is 0.858. The van der Waals surface area contributed by atoms with Gasteiger partial charge in [0.05, 0.1) is 0 Å². The van der Waals surface area contributed by atoms with Gasteiger partial charge in [0.1, 0.15) is 0 Å². The van der Waals surface area contributed by atoms with E-state index in [1.165, 1.54) is 16.0 Å². The van der Waals surface area contributed by atoms with Crippen molar-refractivity contribution in [1.29, 1.82) is 0 Å². The first-order valence-electron chi connectivity index (χ1n) is 6.31. The summed E-state index contributed by atoms with van der Waals surface area (Å²) in [6.45, 7) is 1.45. The summed E-state index contributed by atoms with van der Waals surface area (Å²) >= 11 is 6.11. The molecule has 2 heterocycles. The van der Waals surface area contributed by atoms with E-state index in [4.69, 9.17) is 0 Å². The lowest BCUT2D eigenvalue weighted by molar-refractivity contribution is -0.128. The van der Waals surface area contributed by atoms with Crippen LogP contribution in [0.3, 0.4) is 0 Å². The van der Waals surface area contributed by atoms with Crippen molar-refractivity contribution < 1.29 is 4.79 Å². The fraction of sp³-hybridized carbons (Fsp3) is 0.267. The number of hydrogen-bond acceptors (Lipinski definition) is 3. The first-order valence-corrected chi connectivity index (χ1v) is 7.70. The number of thiophene rings is 1. The second kappa shape index (κ2) is 5.39. The SMILES string of the molecule is O=C1CC(S)CN1Cc1ccc(-c2cccs2)cc1. The summed E-state index contributed by atoms with van der Waals surface area (Å²) in [5, 5.41) is 2.27. The number of carbonyl (C=O) groups excluding carboxylic acids is 1. The van der Waals surface area contributed by atoms with Crippen molar-refractivity contribution in [3.63, 3.8) is 0 Å². The normalized spacial score (nSPS) is 19.1. The number of hydrogen-bond donors (Lipinski definition) is 1. The van der Waals surface area contributed by atoms with Crippen LogP contribution in [-0.4, -0.2) is 22.6 Å². The van der Waals surface area contributed by atoms with Crippen molar-refractivity contribution in [3.8, 4) is 10.4 Å². The van der Waals surface area contributed by atoms with Crippen molar-refractivity contribution in [2.75, 3.05) is 6.54 Å². The second-order valence-corrected chi connectivity index (χ2v) is 6.48. The van der Waals surface area contributed by atoms with Crippen LogP contribution in [0.15, 0.2) is 41.8 Å². The molecule has 1 atom stereocenters. The molecule has 1 aromatic carbocycles. The minimum atomic E-state index is 0.192. The Labute approximate surface area is 122 Å². The number of benzene rings is 1. The molecule has 2 aromatic rings. The lowest BCUT2D eigenvalue weighted by Gasteiger charge is -2.16. The Kier molecular flexibility index (Phi) is 3.62. The Morgan fingerprint density at radius 2 is 2.05 bits per heavy atom. The topological polar surface area (TPSA) is 20.3 Å². The summed E-state index contributed by atoms with van der Waals surface area (Å²) in [6.07, 6.45) is 0.566. The van der Waals surface area contributed by atoms with Gasteiger partial charge in [0.2, 0.25) is 5.91 Å². The van der Waals surface area contributed by atoms with Crippen molar-refractivity contribution in [3.05, 3.63) is 47.3 Å². The Balaban J connectivity index is 1.71. The van der Waals surface area contributed by atoms with Crippen LogP contribution < -0.4 is 0 Å². The van der Waals surface area contributed by atoms with Gasteiger partial charge in [0, 0.05) is 29.6 Å². The largest absolute Gasteiger partial charge is 0.337 e. The maximum atomic E-state index is 11.7. The average Bonchev–Trinajstić information content (AvgIpc) is 3.01. The minimum Gasteiger partial charge on any atom is -0.337 e. The Hall–Kier alpha value is -1.26. The Morgan fingerprint density at radius 1 is 1.26 bits per heavy atom. The fourth-order valence-corrected chi connectivity index (χ4v) is 3.43. The van der Waals surface area contributed by atoms with Crippen molar-refractivity contribution in [2.24, 2.45) is 0 Å². The van der Waals surface area contributed by atoms with E-state index in [1.54, 1.807) is 11.3 Å². The molecule has 1 saturated heterocycles. The third-order valence-electron chi connectivity index (χ3n) is 3.33. The lowest BCUT2D eigenvalue weighted by Crippen LogP contribution is -2.24. The third-order valence-corrected chi connectivity index (χ3v) is 4.59. The monoisotopic (exact) mass is 289 g/mol. The van der Waals surface area contributed by atoms with Gasteiger partial charge in [-0.25, -0.2) is 0 Å². The van der Waals surface area contributed by atoms with Crippen LogP contribution in [-0.2, 0) is 11.3 Å². The highest BCUT2D eigenvalue weighted by molar-refractivity contribution is 7.81. The van der Waals surface area contributed by atoms with E-state index in [-0.39, 0.29) is 11.2 Å². The fourth-order valence-electron chi connectivity index (χ4n) is 2.34. The molecule has 98 valence electrons. The number of carbonyl (C=O) groups is 1. The van der Waals surface area contributed by atoms with Crippen LogP contribution in [0.25, 0.3) is 10.4 Å². The molecule has 2 nitrogen and oxygen atoms in total. The molecule has 1 aromatic heterocycles. The van der Waals surface area contributed by atoms with Gasteiger partial charge in [-0.05, 0) is 22.6 Å². The van der Waals surface area contributed by atoms with Gasteiger partial charge in [-0.1, -0.05) is 30.3 Å². The molecule has 0 spiro atoms. The lowest BCUT2D eigenvalue weighted by atomic mass is 10.1.